The maximum absolute atomic E-state index is 12.1. The predicted octanol–water partition coefficient (Wildman–Crippen LogP) is 0.0571. The highest BCUT2D eigenvalue weighted by molar-refractivity contribution is 7.80. The summed E-state index contributed by atoms with van der Waals surface area (Å²) in [7, 11) is 0. The van der Waals surface area contributed by atoms with Gasteiger partial charge in [-0.1, -0.05) is 18.3 Å². The van der Waals surface area contributed by atoms with Crippen LogP contribution in [-0.2, 0) is 9.53 Å². The molecule has 0 bridgehead atoms. The summed E-state index contributed by atoms with van der Waals surface area (Å²) < 4.78 is 5.40. The van der Waals surface area contributed by atoms with Gasteiger partial charge in [0.1, 0.15) is 16.8 Å². The van der Waals surface area contributed by atoms with Gasteiger partial charge in [-0.15, -0.1) is 0 Å². The number of anilines is 1. The van der Waals surface area contributed by atoms with Crippen LogP contribution in [-0.4, -0.2) is 48.2 Å². The van der Waals surface area contributed by atoms with E-state index in [1.165, 1.54) is 0 Å². The molecule has 7 heteroatoms. The molecule has 0 saturated carbocycles. The van der Waals surface area contributed by atoms with Gasteiger partial charge in [0, 0.05) is 13.1 Å². The number of amides is 1. The molecule has 2 rings (SSSR count). The van der Waals surface area contributed by atoms with Gasteiger partial charge in [0.2, 0.25) is 5.91 Å². The highest BCUT2D eigenvalue weighted by Gasteiger charge is 2.30. The Morgan fingerprint density at radius 3 is 3.15 bits per heavy atom. The van der Waals surface area contributed by atoms with Crippen LogP contribution < -0.4 is 16.0 Å². The van der Waals surface area contributed by atoms with E-state index in [4.69, 9.17) is 22.7 Å². The summed E-state index contributed by atoms with van der Waals surface area (Å²) in [6.07, 6.45) is 0. The average molecular weight is 294 g/mol. The Morgan fingerprint density at radius 1 is 1.65 bits per heavy atom. The van der Waals surface area contributed by atoms with Crippen LogP contribution in [0, 0.1) is 0 Å². The summed E-state index contributed by atoms with van der Waals surface area (Å²) in [6.45, 7) is 4.00. The maximum atomic E-state index is 12.1. The zero-order chi connectivity index (χ0) is 14.5. The number of nitrogens with two attached hydrogens (primary N) is 1. The summed E-state index contributed by atoms with van der Waals surface area (Å²) in [6, 6.07) is 5.06. The van der Waals surface area contributed by atoms with E-state index in [1.807, 2.05) is 24.0 Å². The molecule has 6 nitrogen and oxygen atoms in total. The van der Waals surface area contributed by atoms with Gasteiger partial charge in [0.15, 0.2) is 0 Å². The highest BCUT2D eigenvalue weighted by Crippen LogP contribution is 2.18. The van der Waals surface area contributed by atoms with Crippen LogP contribution >= 0.6 is 12.2 Å². The van der Waals surface area contributed by atoms with E-state index in [2.05, 4.69) is 10.3 Å². The Labute approximate surface area is 123 Å². The molecule has 1 atom stereocenters. The normalized spacial score (nSPS) is 18.6. The first-order valence-electron chi connectivity index (χ1n) is 6.52. The third kappa shape index (κ3) is 3.23. The van der Waals surface area contributed by atoms with Crippen molar-refractivity contribution >= 4 is 28.9 Å². The van der Waals surface area contributed by atoms with Crippen LogP contribution in [0.25, 0.3) is 0 Å². The monoisotopic (exact) mass is 294 g/mol. The van der Waals surface area contributed by atoms with Crippen molar-refractivity contribution in [2.24, 2.45) is 5.73 Å². The number of nitrogens with zero attached hydrogens (tertiary/aromatic N) is 2. The van der Waals surface area contributed by atoms with Crippen LogP contribution in [0.2, 0.25) is 0 Å². The van der Waals surface area contributed by atoms with Crippen LogP contribution in [0.1, 0.15) is 12.6 Å². The first kappa shape index (κ1) is 14.7. The molecule has 0 aromatic carbocycles. The molecule has 1 aromatic heterocycles. The third-order valence-corrected chi connectivity index (χ3v) is 3.27. The molecule has 1 aromatic rings. The molecule has 0 spiro atoms. The fourth-order valence-corrected chi connectivity index (χ4v) is 2.22. The van der Waals surface area contributed by atoms with Gasteiger partial charge < -0.3 is 20.7 Å². The number of thiocarbonyl (C=S) groups is 1. The minimum absolute atomic E-state index is 0.0604. The molecule has 0 aliphatic carbocycles. The Morgan fingerprint density at radius 2 is 2.45 bits per heavy atom. The average Bonchev–Trinajstić information content (AvgIpc) is 2.47. The van der Waals surface area contributed by atoms with Crippen molar-refractivity contribution in [2.75, 3.05) is 31.2 Å². The largest absolute Gasteiger partial charge is 0.388 e. The lowest BCUT2D eigenvalue weighted by Gasteiger charge is -2.35. The Kier molecular flexibility index (Phi) is 4.86. The first-order chi connectivity index (χ1) is 9.63. The second-order valence-electron chi connectivity index (χ2n) is 4.42. The SMILES string of the molecule is CCNC(=O)C1COCCN1c1cccc(C(N)=S)n1. The van der Waals surface area contributed by atoms with Crippen molar-refractivity contribution in [3.63, 3.8) is 0 Å². The summed E-state index contributed by atoms with van der Waals surface area (Å²) >= 11 is 4.94. The fourth-order valence-electron chi connectivity index (χ4n) is 2.11. The molecule has 1 saturated heterocycles. The Balaban J connectivity index is 2.25. The number of hydrogen-bond acceptors (Lipinski definition) is 5. The predicted molar refractivity (Wildman–Crippen MR) is 80.8 cm³/mol. The molecule has 1 unspecified atom stereocenters. The van der Waals surface area contributed by atoms with Crippen LogP contribution in [0.4, 0.5) is 5.82 Å². The molecule has 2 heterocycles. The third-order valence-electron chi connectivity index (χ3n) is 3.06. The van der Waals surface area contributed by atoms with Crippen LogP contribution in [0.5, 0.6) is 0 Å². The lowest BCUT2D eigenvalue weighted by Crippen LogP contribution is -2.54. The standard InChI is InChI=1S/C13H18N4O2S/c1-2-15-13(18)10-8-19-7-6-17(10)11-5-3-4-9(16-11)12(14)20/h3-5,10H,2,6-8H2,1H3,(H2,14,20)(H,15,18). The van der Waals surface area contributed by atoms with Crippen molar-refractivity contribution < 1.29 is 9.53 Å². The van der Waals surface area contributed by atoms with Gasteiger partial charge in [0.25, 0.3) is 0 Å². The number of hydrogen-bond donors (Lipinski definition) is 2. The molecule has 1 aliphatic heterocycles. The molecule has 0 radical (unpaired) electrons. The number of ether oxygens (including phenoxy) is 1. The van der Waals surface area contributed by atoms with Crippen molar-refractivity contribution in [1.82, 2.24) is 10.3 Å². The first-order valence-corrected chi connectivity index (χ1v) is 6.93. The van der Waals surface area contributed by atoms with E-state index >= 15 is 0 Å². The quantitative estimate of drug-likeness (QED) is 0.764. The van der Waals surface area contributed by atoms with Crippen molar-refractivity contribution in [1.29, 1.82) is 0 Å². The lowest BCUT2D eigenvalue weighted by atomic mass is 10.2. The van der Waals surface area contributed by atoms with E-state index in [1.54, 1.807) is 6.07 Å². The number of carbonyl (C=O) groups is 1. The topological polar surface area (TPSA) is 80.5 Å². The number of morpholine rings is 1. The van der Waals surface area contributed by atoms with E-state index < -0.39 is 0 Å². The molecule has 1 amide bonds. The molecule has 3 N–H and O–H groups in total. The van der Waals surface area contributed by atoms with Crippen LogP contribution in [0.15, 0.2) is 18.2 Å². The van der Waals surface area contributed by atoms with E-state index in [0.29, 0.717) is 37.8 Å². The van der Waals surface area contributed by atoms with E-state index in [-0.39, 0.29) is 16.9 Å². The van der Waals surface area contributed by atoms with Crippen molar-refractivity contribution in [2.45, 2.75) is 13.0 Å². The second kappa shape index (κ2) is 6.62. The number of likely N-dealkylation sites (N-methyl/N-ethyl adjacent to an activating group) is 1. The number of pyridine rings is 1. The molecule has 1 aliphatic rings. The molecule has 1 fully saturated rings. The summed E-state index contributed by atoms with van der Waals surface area (Å²) in [5.74, 6) is 0.629. The van der Waals surface area contributed by atoms with Crippen LogP contribution in [0.3, 0.4) is 0 Å². The van der Waals surface area contributed by atoms with Gasteiger partial charge >= 0.3 is 0 Å². The second-order valence-corrected chi connectivity index (χ2v) is 4.86. The molecular weight excluding hydrogens is 276 g/mol. The molecular formula is C13H18N4O2S. The highest BCUT2D eigenvalue weighted by atomic mass is 32.1. The maximum Gasteiger partial charge on any atom is 0.245 e. The Hall–Kier alpha value is -1.73. The molecule has 108 valence electrons. The number of carbonyl (C=O) groups excluding carboxylic acids is 1. The summed E-state index contributed by atoms with van der Waals surface area (Å²) in [5.41, 5.74) is 6.16. The van der Waals surface area contributed by atoms with Crippen molar-refractivity contribution in [3.05, 3.63) is 23.9 Å². The lowest BCUT2D eigenvalue weighted by molar-refractivity contribution is -0.124. The summed E-state index contributed by atoms with van der Waals surface area (Å²) in [5, 5.41) is 2.81. The molecule has 20 heavy (non-hydrogen) atoms. The van der Waals surface area contributed by atoms with Crippen molar-refractivity contribution in [3.8, 4) is 0 Å². The number of rotatable bonds is 4. The minimum Gasteiger partial charge on any atom is -0.388 e. The Bertz CT molecular complexity index is 509. The number of aromatic nitrogens is 1. The van der Waals surface area contributed by atoms with Gasteiger partial charge in [-0.2, -0.15) is 0 Å². The fraction of sp³-hybridized carbons (Fsp3) is 0.462. The van der Waals surface area contributed by atoms with E-state index in [9.17, 15) is 4.79 Å². The zero-order valence-electron chi connectivity index (χ0n) is 11.3. The van der Waals surface area contributed by atoms with E-state index in [0.717, 1.165) is 0 Å². The van der Waals surface area contributed by atoms with Gasteiger partial charge in [0.05, 0.1) is 18.9 Å². The van der Waals surface area contributed by atoms with Gasteiger partial charge in [-0.3, -0.25) is 4.79 Å². The smallest absolute Gasteiger partial charge is 0.245 e. The zero-order valence-corrected chi connectivity index (χ0v) is 12.2. The van der Waals surface area contributed by atoms with Gasteiger partial charge in [-0.05, 0) is 19.1 Å². The number of nitrogens with one attached hydrogen (secondary N) is 1. The minimum atomic E-state index is -0.377. The summed E-state index contributed by atoms with van der Waals surface area (Å²) in [4.78, 5) is 18.7. The van der Waals surface area contributed by atoms with Gasteiger partial charge in [-0.25, -0.2) is 4.98 Å².